The molecular formula is C18H36N2O. The van der Waals surface area contributed by atoms with Crippen molar-refractivity contribution in [2.24, 2.45) is 5.41 Å². The lowest BCUT2D eigenvalue weighted by Crippen LogP contribution is -2.48. The minimum absolute atomic E-state index is 0.478. The van der Waals surface area contributed by atoms with Crippen molar-refractivity contribution in [2.75, 3.05) is 39.3 Å². The highest BCUT2D eigenvalue weighted by atomic mass is 16.5. The zero-order valence-electron chi connectivity index (χ0n) is 14.3. The molecule has 1 aliphatic heterocycles. The van der Waals surface area contributed by atoms with Crippen molar-refractivity contribution in [1.29, 1.82) is 0 Å². The predicted octanol–water partition coefficient (Wildman–Crippen LogP) is 3.44. The number of nitrogens with zero attached hydrogens (tertiary/aromatic N) is 1. The van der Waals surface area contributed by atoms with Crippen LogP contribution in [0.4, 0.5) is 0 Å². The summed E-state index contributed by atoms with van der Waals surface area (Å²) in [5, 5.41) is 3.65. The van der Waals surface area contributed by atoms with Gasteiger partial charge in [-0.1, -0.05) is 32.6 Å². The second-order valence-electron chi connectivity index (χ2n) is 7.15. The van der Waals surface area contributed by atoms with Crippen LogP contribution >= 0.6 is 0 Å². The summed E-state index contributed by atoms with van der Waals surface area (Å²) in [6.07, 6.45) is 11.6. The van der Waals surface area contributed by atoms with Gasteiger partial charge in [-0.2, -0.15) is 0 Å². The molecule has 1 saturated heterocycles. The molecule has 0 spiro atoms. The smallest absolute Gasteiger partial charge is 0.0702 e. The van der Waals surface area contributed by atoms with E-state index >= 15 is 0 Å². The topological polar surface area (TPSA) is 24.5 Å². The Hall–Kier alpha value is -0.120. The number of likely N-dealkylation sites (tertiary alicyclic amines) is 1. The molecule has 1 N–H and O–H groups in total. The summed E-state index contributed by atoms with van der Waals surface area (Å²) in [4.78, 5) is 2.70. The second-order valence-corrected chi connectivity index (χ2v) is 7.15. The zero-order chi connectivity index (χ0) is 15.0. The average molecular weight is 296 g/mol. The van der Waals surface area contributed by atoms with Gasteiger partial charge in [-0.15, -0.1) is 0 Å². The fraction of sp³-hybridized carbons (Fsp3) is 1.00. The number of piperidine rings is 1. The fourth-order valence-electron chi connectivity index (χ4n) is 4.26. The Labute approximate surface area is 131 Å². The van der Waals surface area contributed by atoms with Crippen molar-refractivity contribution in [2.45, 2.75) is 71.3 Å². The number of nitrogens with one attached hydrogen (secondary N) is 1. The number of hydrogen-bond donors (Lipinski definition) is 1. The first-order chi connectivity index (χ1) is 10.3. The van der Waals surface area contributed by atoms with E-state index in [-0.39, 0.29) is 0 Å². The van der Waals surface area contributed by atoms with Crippen LogP contribution in [0.5, 0.6) is 0 Å². The highest BCUT2D eigenvalue weighted by Crippen LogP contribution is 2.36. The maximum atomic E-state index is 5.88. The Kier molecular flexibility index (Phi) is 7.48. The minimum atomic E-state index is 0.478. The van der Waals surface area contributed by atoms with Crippen LogP contribution in [0.2, 0.25) is 0 Å². The van der Waals surface area contributed by atoms with Crippen LogP contribution in [0.3, 0.4) is 0 Å². The van der Waals surface area contributed by atoms with Gasteiger partial charge in [-0.3, -0.25) is 0 Å². The van der Waals surface area contributed by atoms with E-state index in [4.69, 9.17) is 4.74 Å². The van der Waals surface area contributed by atoms with Crippen molar-refractivity contribution in [3.63, 3.8) is 0 Å². The van der Waals surface area contributed by atoms with Crippen LogP contribution in [-0.2, 0) is 4.74 Å². The van der Waals surface area contributed by atoms with E-state index in [9.17, 15) is 0 Å². The van der Waals surface area contributed by atoms with Crippen molar-refractivity contribution in [1.82, 2.24) is 10.2 Å². The third-order valence-electron chi connectivity index (χ3n) is 5.34. The number of rotatable bonds is 7. The molecule has 2 rings (SSSR count). The van der Waals surface area contributed by atoms with Gasteiger partial charge in [0.25, 0.3) is 0 Å². The molecule has 0 bridgehead atoms. The normalized spacial score (nSPS) is 27.4. The van der Waals surface area contributed by atoms with Crippen LogP contribution < -0.4 is 5.32 Å². The first-order valence-electron chi connectivity index (χ1n) is 9.33. The van der Waals surface area contributed by atoms with Gasteiger partial charge < -0.3 is 15.0 Å². The second kappa shape index (κ2) is 9.12. The van der Waals surface area contributed by atoms with Crippen molar-refractivity contribution in [3.8, 4) is 0 Å². The van der Waals surface area contributed by atoms with Gasteiger partial charge in [0.05, 0.1) is 6.10 Å². The average Bonchev–Trinajstić information content (AvgIpc) is 2.72. The summed E-state index contributed by atoms with van der Waals surface area (Å²) in [6.45, 7) is 11.2. The molecule has 3 nitrogen and oxygen atoms in total. The monoisotopic (exact) mass is 296 g/mol. The van der Waals surface area contributed by atoms with Crippen molar-refractivity contribution >= 4 is 0 Å². The molecule has 1 aliphatic carbocycles. The molecule has 1 atom stereocenters. The van der Waals surface area contributed by atoms with E-state index in [1.807, 2.05) is 0 Å². The first kappa shape index (κ1) is 17.2. The van der Waals surface area contributed by atoms with E-state index in [1.54, 1.807) is 0 Å². The maximum Gasteiger partial charge on any atom is 0.0702 e. The minimum Gasteiger partial charge on any atom is -0.377 e. The molecule has 1 unspecified atom stereocenters. The molecule has 1 heterocycles. The fourth-order valence-corrected chi connectivity index (χ4v) is 4.26. The van der Waals surface area contributed by atoms with Crippen LogP contribution in [0.15, 0.2) is 0 Å². The van der Waals surface area contributed by atoms with E-state index in [0.717, 1.165) is 19.7 Å². The SMILES string of the molecule is CCNCC1(CN2CCCC(OCC)C2)CCCCCC1. The standard InChI is InChI=1S/C18H36N2O/c1-3-19-15-18(11-7-5-6-8-12-18)16-20-13-9-10-17(14-20)21-4-2/h17,19H,3-16H2,1-2H3. The van der Waals surface area contributed by atoms with Crippen LogP contribution in [-0.4, -0.2) is 50.3 Å². The van der Waals surface area contributed by atoms with Crippen molar-refractivity contribution < 1.29 is 4.74 Å². The molecule has 3 heteroatoms. The Balaban J connectivity index is 1.93. The van der Waals surface area contributed by atoms with Gasteiger partial charge in [-0.25, -0.2) is 0 Å². The van der Waals surface area contributed by atoms with E-state index < -0.39 is 0 Å². The predicted molar refractivity (Wildman–Crippen MR) is 89.8 cm³/mol. The summed E-state index contributed by atoms with van der Waals surface area (Å²) in [6, 6.07) is 0. The molecular weight excluding hydrogens is 260 g/mol. The molecule has 0 aromatic carbocycles. The van der Waals surface area contributed by atoms with E-state index in [0.29, 0.717) is 11.5 Å². The van der Waals surface area contributed by atoms with Crippen LogP contribution in [0.25, 0.3) is 0 Å². The molecule has 0 aromatic heterocycles. The van der Waals surface area contributed by atoms with Crippen molar-refractivity contribution in [3.05, 3.63) is 0 Å². The summed E-state index contributed by atoms with van der Waals surface area (Å²) >= 11 is 0. The molecule has 0 radical (unpaired) electrons. The highest BCUT2D eigenvalue weighted by Gasteiger charge is 2.34. The van der Waals surface area contributed by atoms with E-state index in [1.165, 1.54) is 71.0 Å². The summed E-state index contributed by atoms with van der Waals surface area (Å²) in [5.74, 6) is 0. The Morgan fingerprint density at radius 3 is 2.52 bits per heavy atom. The first-order valence-corrected chi connectivity index (χ1v) is 9.33. The maximum absolute atomic E-state index is 5.88. The highest BCUT2D eigenvalue weighted by molar-refractivity contribution is 4.88. The Bertz CT molecular complexity index is 272. The molecule has 21 heavy (non-hydrogen) atoms. The summed E-state index contributed by atoms with van der Waals surface area (Å²) in [7, 11) is 0. The lowest BCUT2D eigenvalue weighted by molar-refractivity contribution is -0.00885. The molecule has 2 fully saturated rings. The molecule has 124 valence electrons. The Morgan fingerprint density at radius 2 is 1.86 bits per heavy atom. The molecule has 1 saturated carbocycles. The number of ether oxygens (including phenoxy) is 1. The molecule has 0 aromatic rings. The quantitative estimate of drug-likeness (QED) is 0.728. The van der Waals surface area contributed by atoms with Gasteiger partial charge >= 0.3 is 0 Å². The van der Waals surface area contributed by atoms with Crippen LogP contribution in [0, 0.1) is 5.41 Å². The molecule has 0 amide bonds. The summed E-state index contributed by atoms with van der Waals surface area (Å²) in [5.41, 5.74) is 0.514. The third-order valence-corrected chi connectivity index (χ3v) is 5.34. The lowest BCUT2D eigenvalue weighted by atomic mass is 9.79. The van der Waals surface area contributed by atoms with Gasteiger partial charge in [0.15, 0.2) is 0 Å². The lowest BCUT2D eigenvalue weighted by Gasteiger charge is -2.41. The third kappa shape index (κ3) is 5.54. The largest absolute Gasteiger partial charge is 0.377 e. The van der Waals surface area contributed by atoms with Gasteiger partial charge in [0, 0.05) is 26.2 Å². The van der Waals surface area contributed by atoms with Gasteiger partial charge in [0.1, 0.15) is 0 Å². The number of hydrogen-bond acceptors (Lipinski definition) is 3. The van der Waals surface area contributed by atoms with Gasteiger partial charge in [0.2, 0.25) is 0 Å². The Morgan fingerprint density at radius 1 is 1.10 bits per heavy atom. The van der Waals surface area contributed by atoms with Crippen LogP contribution in [0.1, 0.15) is 65.2 Å². The zero-order valence-corrected chi connectivity index (χ0v) is 14.3. The molecule has 2 aliphatic rings. The van der Waals surface area contributed by atoms with Gasteiger partial charge in [-0.05, 0) is 51.1 Å². The van der Waals surface area contributed by atoms with E-state index in [2.05, 4.69) is 24.1 Å². The summed E-state index contributed by atoms with van der Waals surface area (Å²) < 4.78 is 5.88.